The van der Waals surface area contributed by atoms with Crippen LogP contribution in [0.25, 0.3) is 16.0 Å². The Bertz CT molecular complexity index is 1560. The maximum absolute atomic E-state index is 13.8. The van der Waals surface area contributed by atoms with Crippen LogP contribution in [0.1, 0.15) is 17.2 Å². The summed E-state index contributed by atoms with van der Waals surface area (Å²) in [5.41, 5.74) is 0.895. The summed E-state index contributed by atoms with van der Waals surface area (Å²) in [5, 5.41) is 11.3. The minimum atomic E-state index is -1.07. The smallest absolute Gasteiger partial charge is 0.301 e. The van der Waals surface area contributed by atoms with Gasteiger partial charge in [0.2, 0.25) is 6.79 Å². The van der Waals surface area contributed by atoms with Crippen molar-refractivity contribution in [1.82, 2.24) is 4.98 Å². The molecule has 0 bridgehead atoms. The Morgan fingerprint density at radius 1 is 0.971 bits per heavy atom. The van der Waals surface area contributed by atoms with Gasteiger partial charge in [0.05, 0.1) is 21.8 Å². The molecule has 174 valence electrons. The summed E-state index contributed by atoms with van der Waals surface area (Å²) >= 11 is 1.04. The predicted molar refractivity (Wildman–Crippen MR) is 123 cm³/mol. The number of rotatable bonds is 3. The first kappa shape index (κ1) is 21.2. The number of aliphatic hydroxyl groups excluding tert-OH is 1. The number of ether oxygens (including phenoxy) is 2. The number of aromatic nitrogens is 1. The molecule has 10 heteroatoms. The number of aliphatic hydroxyl groups is 1. The topological polar surface area (TPSA) is 89.0 Å². The number of ketones is 1. The van der Waals surface area contributed by atoms with Gasteiger partial charge in [-0.25, -0.2) is 13.8 Å². The molecule has 1 N–H and O–H groups in total. The van der Waals surface area contributed by atoms with Crippen molar-refractivity contribution in [3.05, 3.63) is 89.0 Å². The van der Waals surface area contributed by atoms with Gasteiger partial charge in [-0.1, -0.05) is 17.4 Å². The first-order chi connectivity index (χ1) is 16.9. The van der Waals surface area contributed by atoms with Gasteiger partial charge in [0.25, 0.3) is 5.78 Å². The monoisotopic (exact) mass is 492 g/mol. The number of nitrogens with zero attached hydrogens (tertiary/aromatic N) is 2. The molecule has 1 unspecified atom stereocenters. The van der Waals surface area contributed by atoms with E-state index < -0.39 is 35.1 Å². The number of amides is 1. The highest BCUT2D eigenvalue weighted by Crippen LogP contribution is 2.46. The highest BCUT2D eigenvalue weighted by molar-refractivity contribution is 7.22. The molecule has 2 aliphatic rings. The molecule has 0 radical (unpaired) electrons. The Morgan fingerprint density at radius 3 is 2.51 bits per heavy atom. The molecule has 0 aliphatic carbocycles. The van der Waals surface area contributed by atoms with Crippen LogP contribution in [0, 0.1) is 11.6 Å². The van der Waals surface area contributed by atoms with Crippen LogP contribution in [-0.4, -0.2) is 28.6 Å². The fraction of sp³-hybridized carbons (Fsp3) is 0.0800. The van der Waals surface area contributed by atoms with Gasteiger partial charge in [-0.05, 0) is 60.2 Å². The Labute approximate surface area is 200 Å². The fourth-order valence-electron chi connectivity index (χ4n) is 4.18. The summed E-state index contributed by atoms with van der Waals surface area (Å²) in [6.07, 6.45) is 0. The lowest BCUT2D eigenvalue weighted by Gasteiger charge is -2.23. The molecule has 2 aliphatic heterocycles. The van der Waals surface area contributed by atoms with Crippen LogP contribution in [-0.2, 0) is 9.59 Å². The van der Waals surface area contributed by atoms with Gasteiger partial charge >= 0.3 is 5.91 Å². The Balaban J connectivity index is 1.57. The zero-order valence-electron chi connectivity index (χ0n) is 17.7. The largest absolute Gasteiger partial charge is 0.507 e. The lowest BCUT2D eigenvalue weighted by atomic mass is 9.95. The number of carbonyl (C=O) groups is 2. The van der Waals surface area contributed by atoms with Crippen molar-refractivity contribution in [2.24, 2.45) is 0 Å². The predicted octanol–water partition coefficient (Wildman–Crippen LogP) is 4.93. The minimum absolute atomic E-state index is 0.0258. The first-order valence-corrected chi connectivity index (χ1v) is 11.2. The van der Waals surface area contributed by atoms with Crippen LogP contribution in [0.2, 0.25) is 0 Å². The van der Waals surface area contributed by atoms with Crippen LogP contribution < -0.4 is 14.4 Å². The summed E-state index contributed by atoms with van der Waals surface area (Å²) in [7, 11) is 0. The van der Waals surface area contributed by atoms with Crippen molar-refractivity contribution < 1.29 is 33.0 Å². The van der Waals surface area contributed by atoms with E-state index in [4.69, 9.17) is 9.47 Å². The van der Waals surface area contributed by atoms with E-state index in [1.54, 1.807) is 18.2 Å². The van der Waals surface area contributed by atoms with Crippen LogP contribution in [0.3, 0.4) is 0 Å². The van der Waals surface area contributed by atoms with E-state index in [2.05, 4.69) is 4.98 Å². The average molecular weight is 492 g/mol. The van der Waals surface area contributed by atoms with Gasteiger partial charge in [0.1, 0.15) is 17.4 Å². The molecular formula is C25H14F2N2O5S. The molecule has 1 saturated heterocycles. The van der Waals surface area contributed by atoms with Crippen LogP contribution in [0.4, 0.5) is 13.9 Å². The number of fused-ring (bicyclic) bond motifs is 2. The number of halogens is 2. The molecule has 1 aromatic heterocycles. The van der Waals surface area contributed by atoms with Crippen LogP contribution in [0.15, 0.2) is 66.2 Å². The third-order valence-corrected chi connectivity index (χ3v) is 6.84. The fourth-order valence-corrected chi connectivity index (χ4v) is 5.20. The highest BCUT2D eigenvalue weighted by atomic mass is 32.1. The van der Waals surface area contributed by atoms with Crippen molar-refractivity contribution in [2.75, 3.05) is 11.7 Å². The van der Waals surface area contributed by atoms with Gasteiger partial charge in [-0.15, -0.1) is 0 Å². The summed E-state index contributed by atoms with van der Waals surface area (Å²) in [6.45, 7) is 0.0258. The van der Waals surface area contributed by atoms with Crippen LogP contribution in [0.5, 0.6) is 11.5 Å². The molecule has 0 spiro atoms. The maximum atomic E-state index is 13.8. The molecule has 1 atom stereocenters. The molecule has 4 aromatic rings. The quantitative estimate of drug-likeness (QED) is 0.248. The lowest BCUT2D eigenvalue weighted by Crippen LogP contribution is -2.29. The lowest BCUT2D eigenvalue weighted by molar-refractivity contribution is -0.132. The van der Waals surface area contributed by atoms with E-state index >= 15 is 0 Å². The highest BCUT2D eigenvalue weighted by Gasteiger charge is 2.48. The molecule has 0 saturated carbocycles. The third kappa shape index (κ3) is 3.41. The Morgan fingerprint density at radius 2 is 1.71 bits per heavy atom. The number of thiazole rings is 1. The number of hydrogen-bond acceptors (Lipinski definition) is 7. The number of anilines is 1. The summed E-state index contributed by atoms with van der Waals surface area (Å²) in [6, 6.07) is 12.8. The standard InChI is InChI=1S/C25H14F2N2O5S/c26-14-4-1-12(2-5-14)22(30)20-21(13-3-8-17-18(9-13)34-11-33-17)29(24(32)23(20)31)25-28-16-7-6-15(27)10-19(16)35-25/h1-10,21,30H,11H2. The summed E-state index contributed by atoms with van der Waals surface area (Å²) in [4.78, 5) is 32.1. The van der Waals surface area contributed by atoms with Gasteiger partial charge in [0.15, 0.2) is 16.6 Å². The number of hydrogen-bond donors (Lipinski definition) is 1. The Hall–Kier alpha value is -4.31. The maximum Gasteiger partial charge on any atom is 0.301 e. The van der Waals surface area contributed by atoms with Crippen LogP contribution >= 0.6 is 11.3 Å². The Kier molecular flexibility index (Phi) is 4.78. The van der Waals surface area contributed by atoms with Gasteiger partial charge in [0, 0.05) is 5.56 Å². The minimum Gasteiger partial charge on any atom is -0.507 e. The first-order valence-electron chi connectivity index (χ1n) is 10.4. The van der Waals surface area contributed by atoms with Crippen molar-refractivity contribution in [1.29, 1.82) is 0 Å². The van der Waals surface area contributed by atoms with E-state index in [9.17, 15) is 23.5 Å². The number of carbonyl (C=O) groups excluding carboxylic acids is 2. The van der Waals surface area contributed by atoms with Gasteiger partial charge in [-0.2, -0.15) is 0 Å². The number of benzene rings is 3. The third-order valence-electron chi connectivity index (χ3n) is 5.82. The van der Waals surface area contributed by atoms with E-state index in [1.165, 1.54) is 35.2 Å². The molecular weight excluding hydrogens is 478 g/mol. The molecule has 1 amide bonds. The molecule has 3 aromatic carbocycles. The van der Waals surface area contributed by atoms with Gasteiger partial charge < -0.3 is 14.6 Å². The average Bonchev–Trinajstić information content (AvgIpc) is 3.54. The molecule has 3 heterocycles. The molecule has 1 fully saturated rings. The SMILES string of the molecule is O=C1C(=O)N(c2nc3ccc(F)cc3s2)C(c2ccc3c(c2)OCO3)C1=C(O)c1ccc(F)cc1. The second kappa shape index (κ2) is 7.88. The summed E-state index contributed by atoms with van der Waals surface area (Å²) in [5.74, 6) is -2.35. The molecule has 35 heavy (non-hydrogen) atoms. The van der Waals surface area contributed by atoms with Crippen molar-refractivity contribution in [3.8, 4) is 11.5 Å². The normalized spacial score (nSPS) is 18.6. The second-order valence-electron chi connectivity index (χ2n) is 7.90. The van der Waals surface area contributed by atoms with Crippen molar-refractivity contribution >= 4 is 44.1 Å². The molecule has 6 rings (SSSR count). The zero-order valence-corrected chi connectivity index (χ0v) is 18.5. The summed E-state index contributed by atoms with van der Waals surface area (Å²) < 4.78 is 38.5. The second-order valence-corrected chi connectivity index (χ2v) is 8.91. The van der Waals surface area contributed by atoms with E-state index in [0.29, 0.717) is 27.3 Å². The molecule has 7 nitrogen and oxygen atoms in total. The van der Waals surface area contributed by atoms with E-state index in [1.807, 2.05) is 0 Å². The number of Topliss-reactive ketones (excluding diaryl/α,β-unsaturated/α-hetero) is 1. The van der Waals surface area contributed by atoms with E-state index in [-0.39, 0.29) is 23.1 Å². The van der Waals surface area contributed by atoms with E-state index in [0.717, 1.165) is 23.5 Å². The van der Waals surface area contributed by atoms with Crippen molar-refractivity contribution in [3.63, 3.8) is 0 Å². The zero-order chi connectivity index (χ0) is 24.3. The van der Waals surface area contributed by atoms with Gasteiger partial charge in [-0.3, -0.25) is 14.5 Å². The van der Waals surface area contributed by atoms with Crippen molar-refractivity contribution in [2.45, 2.75) is 6.04 Å².